The van der Waals surface area contributed by atoms with Gasteiger partial charge in [0.05, 0.1) is 0 Å². The average molecular weight is 347 g/mol. The highest BCUT2D eigenvalue weighted by Crippen LogP contribution is 2.17. The van der Waals surface area contributed by atoms with Crippen LogP contribution >= 0.6 is 12.4 Å². The molecule has 0 aromatic heterocycles. The second-order valence-corrected chi connectivity index (χ2v) is 5.91. The Hall–Kier alpha value is -2.04. The fraction of sp³-hybridized carbons (Fsp3) is 0.316. The van der Waals surface area contributed by atoms with Crippen molar-refractivity contribution in [2.45, 2.75) is 19.6 Å². The van der Waals surface area contributed by atoms with Gasteiger partial charge in [0.2, 0.25) is 0 Å². The molecule has 1 fully saturated rings. The molecule has 1 saturated heterocycles. The van der Waals surface area contributed by atoms with Crippen LogP contribution in [0.2, 0.25) is 0 Å². The fourth-order valence-corrected chi connectivity index (χ4v) is 2.76. The molecule has 0 bridgehead atoms. The summed E-state index contributed by atoms with van der Waals surface area (Å²) in [6, 6.07) is 17.8. The highest BCUT2D eigenvalue weighted by atomic mass is 35.5. The summed E-state index contributed by atoms with van der Waals surface area (Å²) < 4.78 is 5.81. The number of piperazine rings is 1. The van der Waals surface area contributed by atoms with E-state index in [1.807, 2.05) is 59.5 Å². The largest absolute Gasteiger partial charge is 0.489 e. The van der Waals surface area contributed by atoms with Crippen LogP contribution in [0.4, 0.5) is 0 Å². The molecule has 1 aliphatic rings. The highest BCUT2D eigenvalue weighted by molar-refractivity contribution is 5.94. The molecule has 2 aromatic carbocycles. The van der Waals surface area contributed by atoms with E-state index in [0.29, 0.717) is 18.2 Å². The lowest BCUT2D eigenvalue weighted by molar-refractivity contribution is 0.0708. The van der Waals surface area contributed by atoms with E-state index < -0.39 is 0 Å². The average Bonchev–Trinajstić information content (AvgIpc) is 2.60. The number of amides is 1. The maximum absolute atomic E-state index is 12.6. The smallest absolute Gasteiger partial charge is 0.254 e. The third-order valence-corrected chi connectivity index (χ3v) is 3.99. The molecule has 2 aromatic rings. The number of benzene rings is 2. The lowest BCUT2D eigenvalue weighted by atomic mass is 10.1. The predicted octanol–water partition coefficient (Wildman–Crippen LogP) is 3.12. The zero-order valence-corrected chi connectivity index (χ0v) is 14.6. The minimum atomic E-state index is 0. The van der Waals surface area contributed by atoms with E-state index in [9.17, 15) is 4.79 Å². The number of nitrogens with zero attached hydrogens (tertiary/aromatic N) is 1. The molecule has 0 radical (unpaired) electrons. The summed E-state index contributed by atoms with van der Waals surface area (Å²) in [5.74, 6) is 0.798. The van der Waals surface area contributed by atoms with Crippen LogP contribution in [0.1, 0.15) is 22.8 Å². The van der Waals surface area contributed by atoms with Gasteiger partial charge in [0.25, 0.3) is 5.91 Å². The van der Waals surface area contributed by atoms with E-state index in [2.05, 4.69) is 12.2 Å². The van der Waals surface area contributed by atoms with Crippen molar-refractivity contribution in [1.29, 1.82) is 0 Å². The van der Waals surface area contributed by atoms with Crippen molar-refractivity contribution >= 4 is 18.3 Å². The van der Waals surface area contributed by atoms with Crippen molar-refractivity contribution in [3.8, 4) is 5.75 Å². The Morgan fingerprint density at radius 2 is 2.00 bits per heavy atom. The van der Waals surface area contributed by atoms with Gasteiger partial charge in [0.1, 0.15) is 12.4 Å². The second kappa shape index (κ2) is 8.71. The predicted molar refractivity (Wildman–Crippen MR) is 97.8 cm³/mol. The summed E-state index contributed by atoms with van der Waals surface area (Å²) in [4.78, 5) is 14.5. The molecular formula is C19H23ClN2O2. The number of rotatable bonds is 4. The van der Waals surface area contributed by atoms with Crippen LogP contribution in [-0.2, 0) is 6.61 Å². The summed E-state index contributed by atoms with van der Waals surface area (Å²) in [7, 11) is 0. The monoisotopic (exact) mass is 346 g/mol. The lowest BCUT2D eigenvalue weighted by Gasteiger charge is -2.32. The van der Waals surface area contributed by atoms with Crippen LogP contribution in [0.15, 0.2) is 54.6 Å². The van der Waals surface area contributed by atoms with Gasteiger partial charge in [-0.1, -0.05) is 36.4 Å². The van der Waals surface area contributed by atoms with Crippen LogP contribution in [0.5, 0.6) is 5.75 Å². The number of hydrogen-bond acceptors (Lipinski definition) is 3. The van der Waals surface area contributed by atoms with Crippen LogP contribution in [-0.4, -0.2) is 36.5 Å². The number of nitrogens with one attached hydrogen (secondary N) is 1. The normalized spacial score (nSPS) is 17.0. The Morgan fingerprint density at radius 1 is 1.21 bits per heavy atom. The van der Waals surface area contributed by atoms with Gasteiger partial charge in [-0.15, -0.1) is 12.4 Å². The minimum Gasteiger partial charge on any atom is -0.489 e. The van der Waals surface area contributed by atoms with E-state index in [4.69, 9.17) is 4.74 Å². The fourth-order valence-electron chi connectivity index (χ4n) is 2.76. The van der Waals surface area contributed by atoms with Crippen molar-refractivity contribution in [3.05, 3.63) is 65.7 Å². The first-order valence-electron chi connectivity index (χ1n) is 8.02. The minimum absolute atomic E-state index is 0. The number of ether oxygens (including phenoxy) is 1. The highest BCUT2D eigenvalue weighted by Gasteiger charge is 2.21. The van der Waals surface area contributed by atoms with Gasteiger partial charge in [-0.2, -0.15) is 0 Å². The molecule has 1 N–H and O–H groups in total. The van der Waals surface area contributed by atoms with Crippen molar-refractivity contribution in [1.82, 2.24) is 10.2 Å². The van der Waals surface area contributed by atoms with Gasteiger partial charge in [0, 0.05) is 31.2 Å². The molecular weight excluding hydrogens is 324 g/mol. The van der Waals surface area contributed by atoms with Gasteiger partial charge in [-0.25, -0.2) is 0 Å². The summed E-state index contributed by atoms with van der Waals surface area (Å²) >= 11 is 0. The summed E-state index contributed by atoms with van der Waals surface area (Å²) in [6.45, 7) is 4.94. The van der Waals surface area contributed by atoms with Crippen LogP contribution in [0.3, 0.4) is 0 Å². The zero-order chi connectivity index (χ0) is 16.1. The van der Waals surface area contributed by atoms with Crippen LogP contribution in [0.25, 0.3) is 0 Å². The standard InChI is InChI=1S/C19H22N2O2.ClH/c1-15-13-21(11-10-20-15)19(22)17-8-5-9-18(12-17)23-14-16-6-3-2-4-7-16;/h2-9,12,15,20H,10-11,13-14H2,1H3;1H/t15-;/m0./s1. The van der Waals surface area contributed by atoms with Gasteiger partial charge >= 0.3 is 0 Å². The van der Waals surface area contributed by atoms with Crippen molar-refractivity contribution < 1.29 is 9.53 Å². The van der Waals surface area contributed by atoms with Gasteiger partial charge in [-0.05, 0) is 30.7 Å². The number of hydrogen-bond donors (Lipinski definition) is 1. The number of carbonyl (C=O) groups excluding carboxylic acids is 1. The van der Waals surface area contributed by atoms with Crippen molar-refractivity contribution in [2.24, 2.45) is 0 Å². The maximum atomic E-state index is 12.6. The molecule has 0 unspecified atom stereocenters. The first-order chi connectivity index (χ1) is 11.2. The molecule has 1 aliphatic heterocycles. The Kier molecular flexibility index (Phi) is 6.64. The van der Waals surface area contributed by atoms with Crippen LogP contribution < -0.4 is 10.1 Å². The number of carbonyl (C=O) groups is 1. The SMILES string of the molecule is C[C@H]1CN(C(=O)c2cccc(OCc3ccccc3)c2)CCN1.Cl. The van der Waals surface area contributed by atoms with Gasteiger partial charge in [-0.3, -0.25) is 4.79 Å². The summed E-state index contributed by atoms with van der Waals surface area (Å²) in [5.41, 5.74) is 1.80. The maximum Gasteiger partial charge on any atom is 0.254 e. The molecule has 128 valence electrons. The first-order valence-corrected chi connectivity index (χ1v) is 8.02. The molecule has 1 amide bonds. The third-order valence-electron chi connectivity index (χ3n) is 3.99. The molecule has 5 heteroatoms. The lowest BCUT2D eigenvalue weighted by Crippen LogP contribution is -2.51. The molecule has 0 saturated carbocycles. The first kappa shape index (κ1) is 18.3. The molecule has 4 nitrogen and oxygen atoms in total. The van der Waals surface area contributed by atoms with Crippen molar-refractivity contribution in [3.63, 3.8) is 0 Å². The van der Waals surface area contributed by atoms with E-state index in [1.165, 1.54) is 0 Å². The summed E-state index contributed by atoms with van der Waals surface area (Å²) in [5, 5.41) is 3.35. The molecule has 0 spiro atoms. The topological polar surface area (TPSA) is 41.6 Å². The van der Waals surface area contributed by atoms with Crippen LogP contribution in [0, 0.1) is 0 Å². The van der Waals surface area contributed by atoms with Gasteiger partial charge < -0.3 is 15.0 Å². The van der Waals surface area contributed by atoms with E-state index in [-0.39, 0.29) is 18.3 Å². The molecule has 0 aliphatic carbocycles. The second-order valence-electron chi connectivity index (χ2n) is 5.91. The number of halogens is 1. The quantitative estimate of drug-likeness (QED) is 0.924. The Labute approximate surface area is 149 Å². The Bertz CT molecular complexity index is 663. The molecule has 1 atom stereocenters. The molecule has 24 heavy (non-hydrogen) atoms. The zero-order valence-electron chi connectivity index (χ0n) is 13.8. The molecule has 1 heterocycles. The van der Waals surface area contributed by atoms with Crippen molar-refractivity contribution in [2.75, 3.05) is 19.6 Å². The Balaban J connectivity index is 0.00000208. The van der Waals surface area contributed by atoms with E-state index in [1.54, 1.807) is 0 Å². The summed E-state index contributed by atoms with van der Waals surface area (Å²) in [6.07, 6.45) is 0. The van der Waals surface area contributed by atoms with E-state index in [0.717, 1.165) is 30.9 Å². The van der Waals surface area contributed by atoms with E-state index >= 15 is 0 Å². The molecule has 3 rings (SSSR count). The Morgan fingerprint density at radius 3 is 2.75 bits per heavy atom. The third kappa shape index (κ3) is 4.73. The van der Waals surface area contributed by atoms with Gasteiger partial charge in [0.15, 0.2) is 0 Å².